The SMILES string of the molecule is Cc1occc1-c1nnc(C(C)N)o1. The van der Waals surface area contributed by atoms with Crippen LogP contribution >= 0.6 is 0 Å². The van der Waals surface area contributed by atoms with Gasteiger partial charge in [0.2, 0.25) is 5.89 Å². The molecule has 0 fully saturated rings. The summed E-state index contributed by atoms with van der Waals surface area (Å²) in [6.45, 7) is 3.63. The highest BCUT2D eigenvalue weighted by Crippen LogP contribution is 2.23. The Kier molecular flexibility index (Phi) is 2.09. The zero-order valence-electron chi connectivity index (χ0n) is 8.02. The maximum atomic E-state index is 5.60. The normalized spacial score (nSPS) is 13.1. The van der Waals surface area contributed by atoms with Crippen molar-refractivity contribution < 1.29 is 8.83 Å². The molecule has 2 N–H and O–H groups in total. The first-order chi connectivity index (χ1) is 6.68. The number of nitrogens with zero attached hydrogens (tertiary/aromatic N) is 2. The van der Waals surface area contributed by atoms with Crippen LogP contribution in [0.5, 0.6) is 0 Å². The van der Waals surface area contributed by atoms with Gasteiger partial charge in [0, 0.05) is 0 Å². The van der Waals surface area contributed by atoms with Crippen molar-refractivity contribution in [1.29, 1.82) is 0 Å². The van der Waals surface area contributed by atoms with E-state index in [9.17, 15) is 0 Å². The van der Waals surface area contributed by atoms with Crippen LogP contribution in [-0.2, 0) is 0 Å². The lowest BCUT2D eigenvalue weighted by Crippen LogP contribution is -2.04. The van der Waals surface area contributed by atoms with Gasteiger partial charge in [0.05, 0.1) is 17.9 Å². The fourth-order valence-electron chi connectivity index (χ4n) is 1.13. The van der Waals surface area contributed by atoms with Gasteiger partial charge in [-0.05, 0) is 19.9 Å². The first kappa shape index (κ1) is 8.96. The van der Waals surface area contributed by atoms with Gasteiger partial charge in [-0.25, -0.2) is 0 Å². The Bertz CT molecular complexity index is 431. The fraction of sp³-hybridized carbons (Fsp3) is 0.333. The van der Waals surface area contributed by atoms with Gasteiger partial charge in [0.1, 0.15) is 5.76 Å². The number of rotatable bonds is 2. The van der Waals surface area contributed by atoms with Gasteiger partial charge in [-0.15, -0.1) is 10.2 Å². The molecule has 0 radical (unpaired) electrons. The van der Waals surface area contributed by atoms with E-state index in [0.29, 0.717) is 11.8 Å². The second kappa shape index (κ2) is 3.26. The summed E-state index contributed by atoms with van der Waals surface area (Å²) in [4.78, 5) is 0. The van der Waals surface area contributed by atoms with Crippen molar-refractivity contribution in [3.63, 3.8) is 0 Å². The molecule has 2 aromatic rings. The summed E-state index contributed by atoms with van der Waals surface area (Å²) in [5.41, 5.74) is 6.41. The highest BCUT2D eigenvalue weighted by Gasteiger charge is 2.14. The summed E-state index contributed by atoms with van der Waals surface area (Å²) in [6, 6.07) is 1.54. The maximum absolute atomic E-state index is 5.60. The Balaban J connectivity index is 2.39. The van der Waals surface area contributed by atoms with Crippen LogP contribution in [-0.4, -0.2) is 10.2 Å². The van der Waals surface area contributed by atoms with E-state index in [4.69, 9.17) is 14.6 Å². The minimum atomic E-state index is -0.247. The zero-order chi connectivity index (χ0) is 10.1. The molecule has 0 aromatic carbocycles. The molecular formula is C9H11N3O2. The molecule has 2 aromatic heterocycles. The predicted molar refractivity (Wildman–Crippen MR) is 49.3 cm³/mol. The molecule has 2 heterocycles. The van der Waals surface area contributed by atoms with Crippen LogP contribution < -0.4 is 5.73 Å². The van der Waals surface area contributed by atoms with Crippen molar-refractivity contribution in [3.05, 3.63) is 24.0 Å². The third-order valence-corrected chi connectivity index (χ3v) is 1.92. The van der Waals surface area contributed by atoms with E-state index in [1.54, 1.807) is 19.3 Å². The van der Waals surface area contributed by atoms with E-state index < -0.39 is 0 Å². The van der Waals surface area contributed by atoms with E-state index in [0.717, 1.165) is 11.3 Å². The van der Waals surface area contributed by atoms with Crippen molar-refractivity contribution in [2.75, 3.05) is 0 Å². The molecule has 0 saturated carbocycles. The summed E-state index contributed by atoms with van der Waals surface area (Å²) in [7, 11) is 0. The standard InChI is InChI=1S/C9H11N3O2/c1-5(10)8-11-12-9(14-8)7-3-4-13-6(7)2/h3-5H,10H2,1-2H3. The molecule has 0 bridgehead atoms. The molecule has 1 unspecified atom stereocenters. The fourth-order valence-corrected chi connectivity index (χ4v) is 1.13. The molecule has 74 valence electrons. The Labute approximate surface area is 80.9 Å². The summed E-state index contributed by atoms with van der Waals surface area (Å²) in [5, 5.41) is 7.71. The number of aryl methyl sites for hydroxylation is 1. The lowest BCUT2D eigenvalue weighted by molar-refractivity contribution is 0.471. The second-order valence-electron chi connectivity index (χ2n) is 3.12. The summed E-state index contributed by atoms with van der Waals surface area (Å²) in [6.07, 6.45) is 1.58. The molecule has 0 aliphatic carbocycles. The van der Waals surface area contributed by atoms with Gasteiger partial charge in [-0.3, -0.25) is 0 Å². The van der Waals surface area contributed by atoms with Crippen molar-refractivity contribution in [2.24, 2.45) is 5.73 Å². The first-order valence-electron chi connectivity index (χ1n) is 4.32. The quantitative estimate of drug-likeness (QED) is 0.784. The molecule has 5 heteroatoms. The highest BCUT2D eigenvalue weighted by molar-refractivity contribution is 5.54. The van der Waals surface area contributed by atoms with E-state index >= 15 is 0 Å². The van der Waals surface area contributed by atoms with Crippen LogP contribution in [0.15, 0.2) is 21.2 Å². The van der Waals surface area contributed by atoms with Crippen LogP contribution in [0.1, 0.15) is 24.6 Å². The smallest absolute Gasteiger partial charge is 0.251 e. The van der Waals surface area contributed by atoms with Gasteiger partial charge in [0.15, 0.2) is 0 Å². The van der Waals surface area contributed by atoms with Gasteiger partial charge < -0.3 is 14.6 Å². The zero-order valence-corrected chi connectivity index (χ0v) is 8.02. The van der Waals surface area contributed by atoms with Gasteiger partial charge in [-0.1, -0.05) is 0 Å². The Morgan fingerprint density at radius 2 is 2.21 bits per heavy atom. The maximum Gasteiger partial charge on any atom is 0.251 e. The van der Waals surface area contributed by atoms with E-state index in [1.165, 1.54) is 0 Å². The molecule has 0 aliphatic heterocycles. The third kappa shape index (κ3) is 1.42. The van der Waals surface area contributed by atoms with Crippen molar-refractivity contribution >= 4 is 0 Å². The van der Waals surface area contributed by atoms with Crippen LogP contribution in [0.3, 0.4) is 0 Å². The van der Waals surface area contributed by atoms with Crippen molar-refractivity contribution in [2.45, 2.75) is 19.9 Å². The molecular weight excluding hydrogens is 182 g/mol. The van der Waals surface area contributed by atoms with Gasteiger partial charge in [-0.2, -0.15) is 0 Å². The molecule has 1 atom stereocenters. The molecule has 0 aliphatic rings. The summed E-state index contributed by atoms with van der Waals surface area (Å²) >= 11 is 0. The highest BCUT2D eigenvalue weighted by atomic mass is 16.4. The number of hydrogen-bond acceptors (Lipinski definition) is 5. The largest absolute Gasteiger partial charge is 0.469 e. The summed E-state index contributed by atoms with van der Waals surface area (Å²) < 4.78 is 10.5. The lowest BCUT2D eigenvalue weighted by Gasteiger charge is -1.94. The molecule has 14 heavy (non-hydrogen) atoms. The van der Waals surface area contributed by atoms with Crippen LogP contribution in [0, 0.1) is 6.92 Å². The lowest BCUT2D eigenvalue weighted by atomic mass is 10.3. The van der Waals surface area contributed by atoms with E-state index in [2.05, 4.69) is 10.2 Å². The van der Waals surface area contributed by atoms with Crippen LogP contribution in [0.2, 0.25) is 0 Å². The number of nitrogens with two attached hydrogens (primary N) is 1. The van der Waals surface area contributed by atoms with E-state index in [1.807, 2.05) is 6.92 Å². The van der Waals surface area contributed by atoms with Crippen LogP contribution in [0.25, 0.3) is 11.5 Å². The minimum Gasteiger partial charge on any atom is -0.469 e. The number of aromatic nitrogens is 2. The molecule has 5 nitrogen and oxygen atoms in total. The molecule has 0 saturated heterocycles. The van der Waals surface area contributed by atoms with Crippen molar-refractivity contribution in [3.8, 4) is 11.5 Å². The molecule has 0 amide bonds. The Morgan fingerprint density at radius 3 is 2.71 bits per heavy atom. The molecule has 2 rings (SSSR count). The number of hydrogen-bond donors (Lipinski definition) is 1. The topological polar surface area (TPSA) is 78.1 Å². The first-order valence-corrected chi connectivity index (χ1v) is 4.32. The minimum absolute atomic E-state index is 0.247. The average Bonchev–Trinajstić information content (AvgIpc) is 2.71. The van der Waals surface area contributed by atoms with E-state index in [-0.39, 0.29) is 6.04 Å². The Hall–Kier alpha value is -1.62. The van der Waals surface area contributed by atoms with Gasteiger partial charge in [0.25, 0.3) is 5.89 Å². The number of furan rings is 1. The summed E-state index contributed by atoms with van der Waals surface area (Å²) in [5.74, 6) is 1.63. The third-order valence-electron chi connectivity index (χ3n) is 1.92. The average molecular weight is 193 g/mol. The monoisotopic (exact) mass is 193 g/mol. The van der Waals surface area contributed by atoms with Crippen molar-refractivity contribution in [1.82, 2.24) is 10.2 Å². The Morgan fingerprint density at radius 1 is 1.43 bits per heavy atom. The van der Waals surface area contributed by atoms with Crippen LogP contribution in [0.4, 0.5) is 0 Å². The predicted octanol–water partition coefficient (Wildman–Crippen LogP) is 1.66. The second-order valence-corrected chi connectivity index (χ2v) is 3.12. The molecule has 0 spiro atoms. The van der Waals surface area contributed by atoms with Gasteiger partial charge >= 0.3 is 0 Å².